The number of aryl methyl sites for hydroxylation is 1. The van der Waals surface area contributed by atoms with Gasteiger partial charge in [0.25, 0.3) is 5.91 Å². The number of carbonyl (C=O) groups excluding carboxylic acids is 2. The fraction of sp³-hybridized carbons (Fsp3) is 0.0741. The van der Waals surface area contributed by atoms with E-state index in [0.717, 1.165) is 27.6 Å². The number of rotatable bonds is 7. The molecule has 164 valence electrons. The van der Waals surface area contributed by atoms with Gasteiger partial charge in [0.15, 0.2) is 0 Å². The predicted octanol–water partition coefficient (Wildman–Crippen LogP) is 4.93. The third-order valence-corrected chi connectivity index (χ3v) is 5.01. The predicted molar refractivity (Wildman–Crippen MR) is 131 cm³/mol. The summed E-state index contributed by atoms with van der Waals surface area (Å²) in [4.78, 5) is 24.6. The van der Waals surface area contributed by atoms with Crippen LogP contribution < -0.4 is 15.5 Å². The summed E-state index contributed by atoms with van der Waals surface area (Å²) in [5.74, 6) is -0.245. The van der Waals surface area contributed by atoms with Crippen molar-refractivity contribution in [1.82, 2.24) is 5.43 Å². The highest BCUT2D eigenvalue weighted by atomic mass is 16.5. The lowest BCUT2D eigenvalue weighted by Crippen LogP contribution is -2.25. The molecule has 0 radical (unpaired) electrons. The van der Waals surface area contributed by atoms with Gasteiger partial charge < -0.3 is 10.1 Å². The topological polar surface area (TPSA) is 79.8 Å². The van der Waals surface area contributed by atoms with Gasteiger partial charge in [0.1, 0.15) is 5.75 Å². The normalized spacial score (nSPS) is 10.8. The molecule has 0 bridgehead atoms. The molecule has 33 heavy (non-hydrogen) atoms. The van der Waals surface area contributed by atoms with Crippen molar-refractivity contribution in [1.29, 1.82) is 0 Å². The van der Waals surface area contributed by atoms with Crippen LogP contribution in [0.25, 0.3) is 10.8 Å². The number of benzene rings is 4. The van der Waals surface area contributed by atoms with E-state index in [-0.39, 0.29) is 12.5 Å². The van der Waals surface area contributed by atoms with Crippen LogP contribution in [0, 0.1) is 6.92 Å². The molecule has 1 amide bonds. The van der Waals surface area contributed by atoms with E-state index in [1.54, 1.807) is 30.3 Å². The van der Waals surface area contributed by atoms with Crippen molar-refractivity contribution in [2.24, 2.45) is 5.10 Å². The molecule has 0 saturated carbocycles. The number of hydrogen-bond acceptors (Lipinski definition) is 5. The molecule has 0 aliphatic rings. The highest BCUT2D eigenvalue weighted by Crippen LogP contribution is 2.21. The molecule has 0 aromatic heterocycles. The fourth-order valence-corrected chi connectivity index (χ4v) is 3.26. The van der Waals surface area contributed by atoms with Crippen LogP contribution >= 0.6 is 0 Å². The smallest absolute Gasteiger partial charge is 0.344 e. The Hall–Kier alpha value is -4.45. The highest BCUT2D eigenvalue weighted by molar-refractivity contribution is 6.05. The van der Waals surface area contributed by atoms with Crippen molar-refractivity contribution < 1.29 is 14.3 Å². The first-order valence-corrected chi connectivity index (χ1v) is 10.5. The Morgan fingerprint density at radius 2 is 1.61 bits per heavy atom. The average Bonchev–Trinajstić information content (AvgIpc) is 2.84. The average molecular weight is 437 g/mol. The van der Waals surface area contributed by atoms with Crippen LogP contribution in [0.2, 0.25) is 0 Å². The van der Waals surface area contributed by atoms with Gasteiger partial charge in [-0.1, -0.05) is 54.1 Å². The van der Waals surface area contributed by atoms with Crippen LogP contribution in [0.3, 0.4) is 0 Å². The quantitative estimate of drug-likeness (QED) is 0.186. The number of amides is 1. The molecule has 0 spiro atoms. The Labute approximate surface area is 191 Å². The molecule has 6 nitrogen and oxygen atoms in total. The lowest BCUT2D eigenvalue weighted by atomic mass is 10.0. The number of anilines is 1. The molecule has 4 rings (SSSR count). The van der Waals surface area contributed by atoms with Gasteiger partial charge in [-0.15, -0.1) is 0 Å². The molecule has 0 aliphatic carbocycles. The van der Waals surface area contributed by atoms with Crippen LogP contribution in [0.15, 0.2) is 96.1 Å². The second-order valence-electron chi connectivity index (χ2n) is 7.50. The molecule has 6 heteroatoms. The molecular weight excluding hydrogens is 414 g/mol. The van der Waals surface area contributed by atoms with Crippen molar-refractivity contribution in [2.45, 2.75) is 6.92 Å². The van der Waals surface area contributed by atoms with E-state index in [4.69, 9.17) is 4.74 Å². The molecule has 0 fully saturated rings. The molecule has 4 aromatic rings. The minimum atomic E-state index is -0.415. The number of ether oxygens (including phenoxy) is 1. The summed E-state index contributed by atoms with van der Waals surface area (Å²) >= 11 is 0. The molecule has 0 heterocycles. The summed E-state index contributed by atoms with van der Waals surface area (Å²) in [6.45, 7) is 2.12. The number of nitrogens with zero attached hydrogens (tertiary/aromatic N) is 1. The third kappa shape index (κ3) is 5.83. The van der Waals surface area contributed by atoms with Gasteiger partial charge in [-0.2, -0.15) is 5.10 Å². The fourth-order valence-electron chi connectivity index (χ4n) is 3.26. The second-order valence-corrected chi connectivity index (χ2v) is 7.50. The largest absolute Gasteiger partial charge is 0.423 e. The zero-order valence-corrected chi connectivity index (χ0v) is 18.1. The summed E-state index contributed by atoms with van der Waals surface area (Å²) in [7, 11) is 0. The number of nitrogens with one attached hydrogen (secondary N) is 2. The maximum atomic E-state index is 12.6. The Morgan fingerprint density at radius 1 is 0.879 bits per heavy atom. The summed E-state index contributed by atoms with van der Waals surface area (Å²) in [6, 6.07) is 27.9. The monoisotopic (exact) mass is 437 g/mol. The Kier molecular flexibility index (Phi) is 6.75. The van der Waals surface area contributed by atoms with Crippen LogP contribution in [0.5, 0.6) is 5.75 Å². The number of carbonyl (C=O) groups is 2. The molecule has 0 saturated heterocycles. The Bertz CT molecular complexity index is 1290. The first-order valence-electron chi connectivity index (χ1n) is 10.5. The minimum absolute atomic E-state index is 0.115. The summed E-state index contributed by atoms with van der Waals surface area (Å²) < 4.78 is 5.53. The highest BCUT2D eigenvalue weighted by Gasteiger charge is 2.12. The van der Waals surface area contributed by atoms with E-state index in [0.29, 0.717) is 11.3 Å². The van der Waals surface area contributed by atoms with Gasteiger partial charge in [-0.25, -0.2) is 10.2 Å². The first kappa shape index (κ1) is 21.8. The van der Waals surface area contributed by atoms with Crippen LogP contribution in [0.1, 0.15) is 21.5 Å². The van der Waals surface area contributed by atoms with E-state index in [9.17, 15) is 9.59 Å². The molecule has 2 N–H and O–H groups in total. The minimum Gasteiger partial charge on any atom is -0.423 e. The van der Waals surface area contributed by atoms with E-state index in [1.807, 2.05) is 67.6 Å². The van der Waals surface area contributed by atoms with Crippen molar-refractivity contribution >= 4 is 34.6 Å². The zero-order chi connectivity index (χ0) is 23.0. The first-order chi connectivity index (χ1) is 16.1. The standard InChI is InChI=1S/C27H23N3O3/c1-19-9-13-22(14-10-19)28-18-26(31)30-29-17-20-11-15-23(16-12-20)33-27(32)25-8-4-6-21-5-2-3-7-24(21)25/h2-17,28H,18H2,1H3,(H,30,31). The van der Waals surface area contributed by atoms with Crippen LogP contribution in [0.4, 0.5) is 5.69 Å². The number of esters is 1. The molecule has 0 atom stereocenters. The lowest BCUT2D eigenvalue weighted by Gasteiger charge is -2.07. The summed E-state index contributed by atoms with van der Waals surface area (Å²) in [5, 5.41) is 8.83. The zero-order valence-electron chi connectivity index (χ0n) is 18.1. The SMILES string of the molecule is Cc1ccc(NCC(=O)NN=Cc2ccc(OC(=O)c3cccc4ccccc34)cc2)cc1. The molecule has 0 unspecified atom stereocenters. The third-order valence-electron chi connectivity index (χ3n) is 5.01. The lowest BCUT2D eigenvalue weighted by molar-refractivity contribution is -0.119. The van der Waals surface area contributed by atoms with Gasteiger partial charge >= 0.3 is 5.97 Å². The number of hydrogen-bond donors (Lipinski definition) is 2. The maximum Gasteiger partial charge on any atom is 0.344 e. The van der Waals surface area contributed by atoms with Gasteiger partial charge in [0.2, 0.25) is 0 Å². The number of fused-ring (bicyclic) bond motifs is 1. The van der Waals surface area contributed by atoms with Crippen LogP contribution in [-0.2, 0) is 4.79 Å². The van der Waals surface area contributed by atoms with E-state index >= 15 is 0 Å². The van der Waals surface area contributed by atoms with Gasteiger partial charge in [-0.05, 0) is 65.7 Å². The Balaban J connectivity index is 1.29. The molecule has 0 aliphatic heterocycles. The van der Waals surface area contributed by atoms with Gasteiger partial charge in [0, 0.05) is 5.69 Å². The molecule has 4 aromatic carbocycles. The molecular formula is C27H23N3O3. The summed E-state index contributed by atoms with van der Waals surface area (Å²) in [5.41, 5.74) is 5.78. The van der Waals surface area contributed by atoms with Crippen molar-refractivity contribution in [3.05, 3.63) is 108 Å². The van der Waals surface area contributed by atoms with Crippen molar-refractivity contribution in [3.63, 3.8) is 0 Å². The second kappa shape index (κ2) is 10.2. The van der Waals surface area contributed by atoms with Gasteiger partial charge in [-0.3, -0.25) is 4.79 Å². The van der Waals surface area contributed by atoms with E-state index in [1.165, 1.54) is 6.21 Å². The van der Waals surface area contributed by atoms with Gasteiger partial charge in [0.05, 0.1) is 18.3 Å². The van der Waals surface area contributed by atoms with Crippen molar-refractivity contribution in [2.75, 3.05) is 11.9 Å². The Morgan fingerprint density at radius 3 is 2.39 bits per heavy atom. The van der Waals surface area contributed by atoms with E-state index in [2.05, 4.69) is 15.8 Å². The van der Waals surface area contributed by atoms with Crippen molar-refractivity contribution in [3.8, 4) is 5.75 Å². The maximum absolute atomic E-state index is 12.6. The van der Waals surface area contributed by atoms with Crippen LogP contribution in [-0.4, -0.2) is 24.6 Å². The summed E-state index contributed by atoms with van der Waals surface area (Å²) in [6.07, 6.45) is 1.53. The number of hydrazone groups is 1. The van der Waals surface area contributed by atoms with E-state index < -0.39 is 5.97 Å².